The van der Waals surface area contributed by atoms with Crippen LogP contribution in [0.1, 0.15) is 11.1 Å². The number of non-ortho nitro benzene ring substituents is 1. The van der Waals surface area contributed by atoms with Gasteiger partial charge in [-0.3, -0.25) is 35.1 Å². The molecule has 0 bridgehead atoms. The molecule has 3 aromatic rings. The van der Waals surface area contributed by atoms with Crippen molar-refractivity contribution < 1.29 is 46.9 Å². The Morgan fingerprint density at radius 3 is 2.19 bits per heavy atom. The van der Waals surface area contributed by atoms with Gasteiger partial charge >= 0.3 is 17.9 Å². The van der Waals surface area contributed by atoms with Crippen LogP contribution >= 0.6 is 15.9 Å². The van der Waals surface area contributed by atoms with Crippen molar-refractivity contribution in [3.8, 4) is 17.2 Å². The molecule has 3 aromatic carbocycles. The van der Waals surface area contributed by atoms with E-state index in [9.17, 15) is 47.8 Å². The first-order valence-corrected chi connectivity index (χ1v) is 12.1. The van der Waals surface area contributed by atoms with Gasteiger partial charge in [0.15, 0.2) is 11.5 Å². The second-order valence-corrected chi connectivity index (χ2v) is 9.16. The van der Waals surface area contributed by atoms with Crippen LogP contribution in [0, 0.1) is 20.2 Å². The molecule has 1 N–H and O–H groups in total. The van der Waals surface area contributed by atoms with Crippen molar-refractivity contribution in [2.24, 2.45) is 0 Å². The van der Waals surface area contributed by atoms with Crippen LogP contribution in [-0.4, -0.2) is 34.8 Å². The van der Waals surface area contributed by atoms with E-state index in [0.717, 1.165) is 36.4 Å². The van der Waals surface area contributed by atoms with Gasteiger partial charge in [0.05, 0.1) is 32.7 Å². The Bertz CT molecular complexity index is 1690. The second kappa shape index (κ2) is 11.3. The number of nitro groups is 2. The molecule has 216 valence electrons. The Morgan fingerprint density at radius 2 is 1.62 bits per heavy atom. The molecule has 1 heterocycles. The van der Waals surface area contributed by atoms with Crippen LogP contribution in [0.25, 0.3) is 6.08 Å². The maximum atomic E-state index is 13.1. The number of rotatable bonds is 7. The van der Waals surface area contributed by atoms with Gasteiger partial charge in [0.1, 0.15) is 5.57 Å². The van der Waals surface area contributed by atoms with Gasteiger partial charge in [0.2, 0.25) is 5.75 Å². The molecule has 0 saturated carbocycles. The maximum Gasteiger partial charge on any atom is 0.416 e. The molecular weight excluding hydrogens is 637 g/mol. The van der Waals surface area contributed by atoms with E-state index in [1.165, 1.54) is 19.2 Å². The zero-order valence-corrected chi connectivity index (χ0v) is 22.4. The minimum atomic E-state index is -4.84. The molecule has 4 amide bonds. The molecule has 42 heavy (non-hydrogen) atoms. The first kappa shape index (κ1) is 29.7. The zero-order valence-electron chi connectivity index (χ0n) is 20.8. The second-order valence-electron chi connectivity index (χ2n) is 8.30. The normalized spacial score (nSPS) is 14.5. The van der Waals surface area contributed by atoms with Gasteiger partial charge in [-0.15, -0.1) is 0 Å². The number of methoxy groups -OCH3 is 1. The molecule has 1 saturated heterocycles. The van der Waals surface area contributed by atoms with Gasteiger partial charge in [0.25, 0.3) is 17.5 Å². The Labute approximate surface area is 240 Å². The van der Waals surface area contributed by atoms with Crippen LogP contribution in [0.3, 0.4) is 0 Å². The van der Waals surface area contributed by atoms with Gasteiger partial charge in [-0.1, -0.05) is 0 Å². The highest BCUT2D eigenvalue weighted by Gasteiger charge is 2.37. The Balaban J connectivity index is 1.70. The van der Waals surface area contributed by atoms with Gasteiger partial charge < -0.3 is 9.47 Å². The van der Waals surface area contributed by atoms with Crippen LogP contribution in [0.5, 0.6) is 17.2 Å². The summed E-state index contributed by atoms with van der Waals surface area (Å²) in [5.74, 6) is -2.90. The highest BCUT2D eigenvalue weighted by Crippen LogP contribution is 2.44. The van der Waals surface area contributed by atoms with Gasteiger partial charge in [0, 0.05) is 18.2 Å². The zero-order chi connectivity index (χ0) is 30.9. The molecule has 17 heteroatoms. The van der Waals surface area contributed by atoms with Crippen molar-refractivity contribution >= 4 is 56.9 Å². The molecule has 1 aliphatic rings. The number of hydrogen-bond acceptors (Lipinski definition) is 9. The summed E-state index contributed by atoms with van der Waals surface area (Å²) in [4.78, 5) is 59.3. The number of hydrogen-bond donors (Lipinski definition) is 1. The number of imide groups is 2. The van der Waals surface area contributed by atoms with Crippen LogP contribution in [0.4, 0.5) is 35.0 Å². The molecule has 0 unspecified atom stereocenters. The summed E-state index contributed by atoms with van der Waals surface area (Å²) in [7, 11) is 1.19. The van der Waals surface area contributed by atoms with Gasteiger partial charge in [-0.2, -0.15) is 13.2 Å². The fourth-order valence-corrected chi connectivity index (χ4v) is 4.28. The minimum absolute atomic E-state index is 0.0536. The smallest absolute Gasteiger partial charge is 0.416 e. The number of benzene rings is 3. The van der Waals surface area contributed by atoms with Gasteiger partial charge in [-0.25, -0.2) is 9.69 Å². The number of amides is 4. The largest absolute Gasteiger partial charge is 0.493 e. The maximum absolute atomic E-state index is 13.1. The lowest BCUT2D eigenvalue weighted by molar-refractivity contribution is -0.385. The molecule has 13 nitrogen and oxygen atoms in total. The number of urea groups is 1. The lowest BCUT2D eigenvalue weighted by Gasteiger charge is -2.26. The highest BCUT2D eigenvalue weighted by atomic mass is 79.9. The number of nitrogens with zero attached hydrogens (tertiary/aromatic N) is 3. The summed E-state index contributed by atoms with van der Waals surface area (Å²) in [5, 5.41) is 24.4. The average molecular weight is 651 g/mol. The van der Waals surface area contributed by atoms with Crippen molar-refractivity contribution in [1.29, 1.82) is 0 Å². The number of alkyl halides is 3. The van der Waals surface area contributed by atoms with Crippen LogP contribution < -0.4 is 19.7 Å². The standard InChI is InChI=1S/C25H14BrF3N4O9/c1-41-20-10-12(9-17(26)21(20)42-19-7-2-13(25(27,28)29)11-18(19)33(39)40)8-16-22(34)30-24(36)31(23(16)35)14-3-5-15(6-4-14)32(37)38/h2-11H,1H3,(H,30,34,36)/b16-8+. The summed E-state index contributed by atoms with van der Waals surface area (Å²) in [6.45, 7) is 0. The van der Waals surface area contributed by atoms with Crippen molar-refractivity contribution in [2.45, 2.75) is 6.18 Å². The molecule has 0 aromatic heterocycles. The molecule has 0 aliphatic carbocycles. The summed E-state index contributed by atoms with van der Waals surface area (Å²) >= 11 is 3.19. The van der Waals surface area contributed by atoms with Crippen LogP contribution in [0.2, 0.25) is 0 Å². The number of carbonyl (C=O) groups is 3. The van der Waals surface area contributed by atoms with Crippen molar-refractivity contribution in [3.05, 3.63) is 96.0 Å². The van der Waals surface area contributed by atoms with Crippen LogP contribution in [0.15, 0.2) is 64.6 Å². The third kappa shape index (κ3) is 5.90. The minimum Gasteiger partial charge on any atom is -0.493 e. The first-order chi connectivity index (χ1) is 19.7. The number of anilines is 1. The van der Waals surface area contributed by atoms with E-state index >= 15 is 0 Å². The molecule has 4 rings (SSSR count). The molecule has 0 radical (unpaired) electrons. The summed E-state index contributed by atoms with van der Waals surface area (Å²) in [6.07, 6.45) is -3.74. The quantitative estimate of drug-likeness (QED) is 0.145. The lowest BCUT2D eigenvalue weighted by atomic mass is 10.1. The summed E-state index contributed by atoms with van der Waals surface area (Å²) in [5.41, 5.74) is -2.94. The van der Waals surface area contributed by atoms with E-state index < -0.39 is 56.4 Å². The number of halogens is 4. The average Bonchev–Trinajstić information content (AvgIpc) is 2.91. The number of carbonyl (C=O) groups excluding carboxylic acids is 3. The summed E-state index contributed by atoms with van der Waals surface area (Å²) < 4.78 is 50.0. The number of nitro benzene ring substituents is 2. The Kier molecular flexibility index (Phi) is 7.96. The monoisotopic (exact) mass is 650 g/mol. The number of ether oxygens (including phenoxy) is 2. The van der Waals surface area contributed by atoms with Crippen molar-refractivity contribution in [2.75, 3.05) is 12.0 Å². The molecular formula is C25H14BrF3N4O9. The molecule has 0 spiro atoms. The van der Waals surface area contributed by atoms with Crippen molar-refractivity contribution in [3.63, 3.8) is 0 Å². The number of barbiturate groups is 1. The van der Waals surface area contributed by atoms with Gasteiger partial charge in [-0.05, 0) is 64.0 Å². The van der Waals surface area contributed by atoms with E-state index in [1.807, 2.05) is 5.32 Å². The van der Waals surface area contributed by atoms with E-state index in [4.69, 9.17) is 9.47 Å². The third-order valence-electron chi connectivity index (χ3n) is 5.68. The fraction of sp³-hybridized carbons (Fsp3) is 0.0800. The highest BCUT2D eigenvalue weighted by molar-refractivity contribution is 9.10. The Morgan fingerprint density at radius 1 is 0.952 bits per heavy atom. The predicted octanol–water partition coefficient (Wildman–Crippen LogP) is 5.75. The molecule has 1 fully saturated rings. The number of nitrogens with one attached hydrogen (secondary N) is 1. The van der Waals surface area contributed by atoms with E-state index in [2.05, 4.69) is 15.9 Å². The Hall–Kier alpha value is -5.32. The SMILES string of the molecule is COc1cc(/C=C2\C(=O)NC(=O)N(c3ccc([N+](=O)[O-])cc3)C2=O)cc(Br)c1Oc1ccc(C(F)(F)F)cc1[N+](=O)[O-]. The summed E-state index contributed by atoms with van der Waals surface area (Å²) in [6, 6.07) is 7.62. The van der Waals surface area contributed by atoms with Crippen molar-refractivity contribution in [1.82, 2.24) is 5.32 Å². The van der Waals surface area contributed by atoms with Crippen LogP contribution in [-0.2, 0) is 15.8 Å². The molecule has 1 aliphatic heterocycles. The van der Waals surface area contributed by atoms with E-state index in [0.29, 0.717) is 17.0 Å². The predicted molar refractivity (Wildman–Crippen MR) is 141 cm³/mol. The third-order valence-corrected chi connectivity index (χ3v) is 6.27. The van der Waals surface area contributed by atoms with E-state index in [1.54, 1.807) is 0 Å². The molecule has 0 atom stereocenters. The topological polar surface area (TPSA) is 171 Å². The van der Waals surface area contributed by atoms with E-state index in [-0.39, 0.29) is 32.9 Å². The first-order valence-electron chi connectivity index (χ1n) is 11.3. The lowest BCUT2D eigenvalue weighted by Crippen LogP contribution is -2.54. The fourth-order valence-electron chi connectivity index (χ4n) is 3.74.